The number of benzene rings is 1. The van der Waals surface area contributed by atoms with Crippen molar-refractivity contribution in [2.75, 3.05) is 16.8 Å². The number of halogens is 4. The van der Waals surface area contributed by atoms with Gasteiger partial charge >= 0.3 is 6.18 Å². The molecule has 0 radical (unpaired) electrons. The van der Waals surface area contributed by atoms with E-state index in [2.05, 4.69) is 20.5 Å². The minimum atomic E-state index is -4.78. The Balaban J connectivity index is 2.05. The highest BCUT2D eigenvalue weighted by Crippen LogP contribution is 2.35. The van der Waals surface area contributed by atoms with Crippen molar-refractivity contribution >= 4 is 29.3 Å². The van der Waals surface area contributed by atoms with E-state index in [4.69, 9.17) is 5.73 Å². The van der Waals surface area contributed by atoms with E-state index < -0.39 is 29.2 Å². The molecule has 0 bridgehead atoms. The minimum Gasteiger partial charge on any atom is -0.368 e. The molecule has 0 aliphatic heterocycles. The van der Waals surface area contributed by atoms with Crippen LogP contribution in [0.5, 0.6) is 0 Å². The van der Waals surface area contributed by atoms with Crippen LogP contribution in [0.1, 0.15) is 5.56 Å². The van der Waals surface area contributed by atoms with Gasteiger partial charge in [-0.15, -0.1) is 5.10 Å². The maximum atomic E-state index is 12.9. The minimum absolute atomic E-state index is 0.0563. The van der Waals surface area contributed by atoms with Crippen molar-refractivity contribution in [2.45, 2.75) is 11.3 Å². The Morgan fingerprint density at radius 2 is 2.14 bits per heavy atom. The Bertz CT molecular complexity index is 687. The summed E-state index contributed by atoms with van der Waals surface area (Å²) in [4.78, 5) is 15.4. The van der Waals surface area contributed by atoms with Crippen LogP contribution in [-0.4, -0.2) is 26.8 Å². The Labute approximate surface area is 125 Å². The van der Waals surface area contributed by atoms with Gasteiger partial charge in [0.15, 0.2) is 0 Å². The first kappa shape index (κ1) is 16.1. The first-order chi connectivity index (χ1) is 10.3. The number of H-pyrrole nitrogens is 1. The number of carbonyl (C=O) groups is 1. The third-order valence-electron chi connectivity index (χ3n) is 2.38. The van der Waals surface area contributed by atoms with Gasteiger partial charge < -0.3 is 11.1 Å². The Morgan fingerprint density at radius 3 is 2.73 bits per heavy atom. The number of aromatic nitrogens is 3. The Kier molecular flexibility index (Phi) is 4.54. The summed E-state index contributed by atoms with van der Waals surface area (Å²) >= 11 is 0.884. The van der Waals surface area contributed by atoms with Crippen LogP contribution in [0.25, 0.3) is 0 Å². The van der Waals surface area contributed by atoms with Gasteiger partial charge in [-0.25, -0.2) is 9.49 Å². The van der Waals surface area contributed by atoms with Crippen LogP contribution < -0.4 is 11.1 Å². The zero-order valence-corrected chi connectivity index (χ0v) is 11.6. The predicted octanol–water partition coefficient (Wildman–Crippen LogP) is 2.28. The number of nitrogens with zero attached hydrogens (tertiary/aromatic N) is 2. The van der Waals surface area contributed by atoms with Gasteiger partial charge in [0.2, 0.25) is 17.0 Å². The van der Waals surface area contributed by atoms with E-state index in [1.165, 1.54) is 0 Å². The maximum absolute atomic E-state index is 12.9. The molecule has 22 heavy (non-hydrogen) atoms. The van der Waals surface area contributed by atoms with Crippen LogP contribution >= 0.6 is 11.8 Å². The number of rotatable bonds is 4. The van der Waals surface area contributed by atoms with Crippen LogP contribution in [-0.2, 0) is 11.0 Å². The zero-order chi connectivity index (χ0) is 16.3. The Hall–Kier alpha value is -2.30. The van der Waals surface area contributed by atoms with Crippen LogP contribution in [0.2, 0.25) is 0 Å². The van der Waals surface area contributed by atoms with E-state index in [9.17, 15) is 22.4 Å². The first-order valence-corrected chi connectivity index (χ1v) is 6.71. The standard InChI is InChI=1S/C11H9F4N5OS/c12-5-1-2-7(6(3-5)11(13,14)15)17-8(21)4-22-10-18-9(16)19-20-10/h1-3H,4H2,(H,17,21)(H3,16,18,19,20). The monoisotopic (exact) mass is 335 g/mol. The molecule has 11 heteroatoms. The summed E-state index contributed by atoms with van der Waals surface area (Å²) < 4.78 is 51.3. The summed E-state index contributed by atoms with van der Waals surface area (Å²) in [6.45, 7) is 0. The molecule has 0 fully saturated rings. The lowest BCUT2D eigenvalue weighted by Gasteiger charge is -2.13. The van der Waals surface area contributed by atoms with E-state index >= 15 is 0 Å². The van der Waals surface area contributed by atoms with Crippen molar-refractivity contribution in [3.63, 3.8) is 0 Å². The van der Waals surface area contributed by atoms with Crippen LogP contribution in [0.15, 0.2) is 23.4 Å². The lowest BCUT2D eigenvalue weighted by molar-refractivity contribution is -0.137. The van der Waals surface area contributed by atoms with Crippen molar-refractivity contribution in [2.24, 2.45) is 0 Å². The molecule has 0 saturated carbocycles. The second-order valence-electron chi connectivity index (χ2n) is 4.03. The average molecular weight is 335 g/mol. The molecule has 0 spiro atoms. The van der Waals surface area contributed by atoms with Crippen molar-refractivity contribution in [3.05, 3.63) is 29.6 Å². The van der Waals surface area contributed by atoms with E-state index in [1.54, 1.807) is 0 Å². The van der Waals surface area contributed by atoms with Crippen molar-refractivity contribution in [3.8, 4) is 0 Å². The highest BCUT2D eigenvalue weighted by molar-refractivity contribution is 7.99. The van der Waals surface area contributed by atoms with Crippen LogP contribution in [0.4, 0.5) is 29.2 Å². The number of carbonyl (C=O) groups excluding carboxylic acids is 1. The van der Waals surface area contributed by atoms with Crippen molar-refractivity contribution < 1.29 is 22.4 Å². The summed E-state index contributed by atoms with van der Waals surface area (Å²) in [5, 5.41) is 8.27. The smallest absolute Gasteiger partial charge is 0.368 e. The van der Waals surface area contributed by atoms with Crippen molar-refractivity contribution in [1.29, 1.82) is 0 Å². The van der Waals surface area contributed by atoms with Crippen molar-refractivity contribution in [1.82, 2.24) is 15.2 Å². The number of nitrogen functional groups attached to an aromatic ring is 1. The fraction of sp³-hybridized carbons (Fsp3) is 0.182. The number of nitrogens with two attached hydrogens (primary N) is 1. The summed E-state index contributed by atoms with van der Waals surface area (Å²) in [5.74, 6) is -1.94. The van der Waals surface area contributed by atoms with E-state index in [-0.39, 0.29) is 16.9 Å². The normalized spacial score (nSPS) is 11.5. The summed E-state index contributed by atoms with van der Waals surface area (Å²) in [6, 6.07) is 2.00. The zero-order valence-electron chi connectivity index (χ0n) is 10.7. The molecule has 0 aliphatic carbocycles. The van der Waals surface area contributed by atoms with Gasteiger partial charge in [0.1, 0.15) is 5.82 Å². The number of hydrogen-bond donors (Lipinski definition) is 3. The SMILES string of the molecule is Nc1nc(SCC(=O)Nc2ccc(F)cc2C(F)(F)F)n[nH]1. The van der Waals surface area contributed by atoms with Gasteiger partial charge in [-0.2, -0.15) is 18.2 Å². The number of nitrogens with one attached hydrogen (secondary N) is 2. The molecule has 2 aromatic rings. The number of thioether (sulfide) groups is 1. The molecule has 0 atom stereocenters. The molecule has 1 heterocycles. The number of hydrogen-bond acceptors (Lipinski definition) is 5. The molecule has 0 aliphatic rings. The van der Waals surface area contributed by atoms with E-state index in [0.29, 0.717) is 6.07 Å². The lowest BCUT2D eigenvalue weighted by atomic mass is 10.1. The molecule has 1 aromatic heterocycles. The van der Waals surface area contributed by atoms with E-state index in [1.807, 2.05) is 0 Å². The summed E-state index contributed by atoms with van der Waals surface area (Å²) in [7, 11) is 0. The lowest BCUT2D eigenvalue weighted by Crippen LogP contribution is -2.18. The quantitative estimate of drug-likeness (QED) is 0.588. The number of aromatic amines is 1. The largest absolute Gasteiger partial charge is 0.418 e. The second-order valence-corrected chi connectivity index (χ2v) is 4.97. The van der Waals surface area contributed by atoms with E-state index in [0.717, 1.165) is 23.9 Å². The van der Waals surface area contributed by atoms with Gasteiger partial charge in [-0.3, -0.25) is 4.79 Å². The maximum Gasteiger partial charge on any atom is 0.418 e. The Morgan fingerprint density at radius 1 is 1.41 bits per heavy atom. The second kappa shape index (κ2) is 6.22. The van der Waals surface area contributed by atoms with Crippen LogP contribution in [0.3, 0.4) is 0 Å². The molecule has 4 N–H and O–H groups in total. The fourth-order valence-electron chi connectivity index (χ4n) is 1.50. The molecule has 0 unspecified atom stereocenters. The molecule has 1 amide bonds. The van der Waals surface area contributed by atoms with Gasteiger partial charge in [-0.05, 0) is 18.2 Å². The number of anilines is 2. The third-order valence-corrected chi connectivity index (χ3v) is 3.22. The molecule has 2 rings (SSSR count). The van der Waals surface area contributed by atoms with Crippen LogP contribution in [0, 0.1) is 5.82 Å². The van der Waals surface area contributed by atoms with Gasteiger partial charge in [0.25, 0.3) is 0 Å². The fourth-order valence-corrected chi connectivity index (χ4v) is 2.10. The topological polar surface area (TPSA) is 96.7 Å². The number of amides is 1. The highest BCUT2D eigenvalue weighted by atomic mass is 32.2. The summed E-state index contributed by atoms with van der Waals surface area (Å²) in [6.07, 6.45) is -4.78. The van der Waals surface area contributed by atoms with Gasteiger partial charge in [0, 0.05) is 0 Å². The van der Waals surface area contributed by atoms with Gasteiger partial charge in [-0.1, -0.05) is 11.8 Å². The molecule has 118 valence electrons. The third kappa shape index (κ3) is 4.10. The first-order valence-electron chi connectivity index (χ1n) is 5.73. The van der Waals surface area contributed by atoms with Gasteiger partial charge in [0.05, 0.1) is 17.0 Å². The molecular formula is C11H9F4N5OS. The average Bonchev–Trinajstić information content (AvgIpc) is 2.83. The molecule has 1 aromatic carbocycles. The number of alkyl halides is 3. The molecule has 0 saturated heterocycles. The highest BCUT2D eigenvalue weighted by Gasteiger charge is 2.34. The molecule has 6 nitrogen and oxygen atoms in total. The molecular weight excluding hydrogens is 326 g/mol. The predicted molar refractivity (Wildman–Crippen MR) is 71.6 cm³/mol. The summed E-state index contributed by atoms with van der Waals surface area (Å²) in [5.41, 5.74) is 3.51.